The highest BCUT2D eigenvalue weighted by Crippen LogP contribution is 2.33. The Morgan fingerprint density at radius 1 is 1.13 bits per heavy atom. The molecule has 0 aliphatic carbocycles. The number of thiocarbonyl (C=S) groups is 1. The lowest BCUT2D eigenvalue weighted by Gasteiger charge is -2.42. The fourth-order valence-electron chi connectivity index (χ4n) is 3.55. The third-order valence-electron chi connectivity index (χ3n) is 5.35. The van der Waals surface area contributed by atoms with Gasteiger partial charge >= 0.3 is 6.09 Å². The van der Waals surface area contributed by atoms with Crippen LogP contribution in [-0.2, 0) is 16.9 Å². The van der Waals surface area contributed by atoms with E-state index in [4.69, 9.17) is 17.0 Å². The van der Waals surface area contributed by atoms with Crippen molar-refractivity contribution in [3.8, 4) is 0 Å². The van der Waals surface area contributed by atoms with Gasteiger partial charge in [-0.2, -0.15) is 5.10 Å². The first-order valence-electron chi connectivity index (χ1n) is 11.2. The van der Waals surface area contributed by atoms with Crippen molar-refractivity contribution in [3.63, 3.8) is 0 Å². The highest BCUT2D eigenvalue weighted by Gasteiger charge is 2.44. The Morgan fingerprint density at radius 2 is 1.76 bits per heavy atom. The molecule has 2 aromatic carbocycles. The molecule has 0 saturated heterocycles. The Morgan fingerprint density at radius 3 is 2.32 bits per heavy atom. The molecule has 9 nitrogen and oxygen atoms in total. The molecule has 0 saturated carbocycles. The molecule has 0 bridgehead atoms. The number of nitrogens with one attached hydrogen (secondary N) is 2. The van der Waals surface area contributed by atoms with Crippen molar-refractivity contribution in [2.45, 2.75) is 51.5 Å². The SMILES string of the molecule is C[C@@H](N(NC(=O)OC(C)(C)C)C(=S)Nc1ccc(F)cc1F)[C@](O)(Cn1cncn1)c1ccc(F)cc1F. The number of aliphatic hydroxyl groups is 1. The number of amides is 1. The minimum absolute atomic E-state index is 0.243. The molecular formula is C24H26F4N6O3S. The molecule has 1 heterocycles. The number of carbonyl (C=O) groups excluding carboxylic acids is 1. The Kier molecular flexibility index (Phi) is 8.57. The Labute approximate surface area is 221 Å². The first-order chi connectivity index (χ1) is 17.7. The second-order valence-corrected chi connectivity index (χ2v) is 9.74. The van der Waals surface area contributed by atoms with Crippen LogP contribution in [0.5, 0.6) is 0 Å². The van der Waals surface area contributed by atoms with Crippen molar-refractivity contribution in [1.82, 2.24) is 25.2 Å². The van der Waals surface area contributed by atoms with Gasteiger partial charge in [0.2, 0.25) is 0 Å². The molecule has 3 rings (SSSR count). The van der Waals surface area contributed by atoms with E-state index in [0.29, 0.717) is 12.1 Å². The third-order valence-corrected chi connectivity index (χ3v) is 5.65. The van der Waals surface area contributed by atoms with Gasteiger partial charge in [-0.3, -0.25) is 5.01 Å². The van der Waals surface area contributed by atoms with Gasteiger partial charge in [0, 0.05) is 17.7 Å². The molecule has 3 N–H and O–H groups in total. The van der Waals surface area contributed by atoms with Gasteiger partial charge in [-0.25, -0.2) is 37.4 Å². The molecule has 1 aromatic heterocycles. The quantitative estimate of drug-likeness (QED) is 0.236. The van der Waals surface area contributed by atoms with Crippen LogP contribution in [0.2, 0.25) is 0 Å². The average molecular weight is 555 g/mol. The fourth-order valence-corrected chi connectivity index (χ4v) is 3.86. The Bertz CT molecular complexity index is 1300. The minimum atomic E-state index is -2.24. The maximum Gasteiger partial charge on any atom is 0.426 e. The number of hydrogen-bond donors (Lipinski definition) is 3. The monoisotopic (exact) mass is 554 g/mol. The number of hydrogen-bond acceptors (Lipinski definition) is 6. The van der Waals surface area contributed by atoms with Gasteiger partial charge in [-0.15, -0.1) is 0 Å². The number of carbonyl (C=O) groups is 1. The third kappa shape index (κ3) is 6.95. The summed E-state index contributed by atoms with van der Waals surface area (Å²) in [7, 11) is 0. The number of hydrazine groups is 1. The molecule has 3 aromatic rings. The number of benzene rings is 2. The molecule has 204 valence electrons. The summed E-state index contributed by atoms with van der Waals surface area (Å²) in [6, 6.07) is 3.93. The highest BCUT2D eigenvalue weighted by molar-refractivity contribution is 7.80. The van der Waals surface area contributed by atoms with E-state index in [0.717, 1.165) is 29.3 Å². The second kappa shape index (κ2) is 11.3. The number of rotatable bonds is 6. The zero-order valence-electron chi connectivity index (χ0n) is 20.9. The maximum absolute atomic E-state index is 15.0. The van der Waals surface area contributed by atoms with E-state index in [-0.39, 0.29) is 16.4 Å². The number of aromatic nitrogens is 3. The van der Waals surface area contributed by atoms with Gasteiger partial charge in [0.1, 0.15) is 47.1 Å². The number of ether oxygens (including phenoxy) is 1. The summed E-state index contributed by atoms with van der Waals surface area (Å²) in [4.78, 5) is 16.5. The van der Waals surface area contributed by atoms with Crippen LogP contribution in [0.4, 0.5) is 28.0 Å². The predicted octanol–water partition coefficient (Wildman–Crippen LogP) is 4.25. The summed E-state index contributed by atoms with van der Waals surface area (Å²) >= 11 is 5.39. The summed E-state index contributed by atoms with van der Waals surface area (Å²) in [5.74, 6) is -3.78. The summed E-state index contributed by atoms with van der Waals surface area (Å²) in [5, 5.41) is 19.0. The summed E-state index contributed by atoms with van der Waals surface area (Å²) in [5.41, 5.74) is -1.39. The molecule has 0 aliphatic rings. The fraction of sp³-hybridized carbons (Fsp3) is 0.333. The van der Waals surface area contributed by atoms with Crippen molar-refractivity contribution < 1.29 is 32.2 Å². The Balaban J connectivity index is 2.07. The molecule has 0 unspecified atom stereocenters. The molecule has 0 aliphatic heterocycles. The first-order valence-corrected chi connectivity index (χ1v) is 11.7. The zero-order chi connectivity index (χ0) is 28.3. The average Bonchev–Trinajstić information content (AvgIpc) is 3.30. The summed E-state index contributed by atoms with van der Waals surface area (Å²) in [6.07, 6.45) is 1.44. The number of halogens is 4. The molecule has 38 heavy (non-hydrogen) atoms. The maximum atomic E-state index is 15.0. The van der Waals surface area contributed by atoms with Crippen LogP contribution < -0.4 is 10.7 Å². The highest BCUT2D eigenvalue weighted by atomic mass is 32.1. The van der Waals surface area contributed by atoms with Crippen LogP contribution in [0.25, 0.3) is 0 Å². The van der Waals surface area contributed by atoms with Gasteiger partial charge < -0.3 is 15.2 Å². The zero-order valence-corrected chi connectivity index (χ0v) is 21.7. The topological polar surface area (TPSA) is 105 Å². The predicted molar refractivity (Wildman–Crippen MR) is 134 cm³/mol. The van der Waals surface area contributed by atoms with Crippen molar-refractivity contribution in [1.29, 1.82) is 0 Å². The van der Waals surface area contributed by atoms with Gasteiger partial charge in [0.15, 0.2) is 5.11 Å². The number of anilines is 1. The van der Waals surface area contributed by atoms with Gasteiger partial charge in [-0.05, 0) is 58.1 Å². The van der Waals surface area contributed by atoms with Crippen LogP contribution in [0, 0.1) is 23.3 Å². The normalized spacial score (nSPS) is 13.8. The van der Waals surface area contributed by atoms with Gasteiger partial charge in [0.05, 0.1) is 18.3 Å². The lowest BCUT2D eigenvalue weighted by atomic mass is 9.86. The van der Waals surface area contributed by atoms with Crippen molar-refractivity contribution in [2.24, 2.45) is 0 Å². The number of nitrogens with zero attached hydrogens (tertiary/aromatic N) is 4. The molecule has 0 spiro atoms. The lowest BCUT2D eigenvalue weighted by Crippen LogP contribution is -2.61. The van der Waals surface area contributed by atoms with Crippen molar-refractivity contribution in [2.75, 3.05) is 5.32 Å². The van der Waals surface area contributed by atoms with E-state index < -0.39 is 53.2 Å². The molecule has 0 fully saturated rings. The van der Waals surface area contributed by atoms with E-state index in [2.05, 4.69) is 20.8 Å². The molecule has 0 radical (unpaired) electrons. The van der Waals surface area contributed by atoms with Crippen LogP contribution >= 0.6 is 12.2 Å². The van der Waals surface area contributed by atoms with E-state index in [1.807, 2.05) is 0 Å². The second-order valence-electron chi connectivity index (χ2n) is 9.36. The van der Waals surface area contributed by atoms with Crippen LogP contribution in [0.1, 0.15) is 33.3 Å². The minimum Gasteiger partial charge on any atom is -0.443 e. The van der Waals surface area contributed by atoms with Gasteiger partial charge in [0.25, 0.3) is 0 Å². The van der Waals surface area contributed by atoms with Crippen LogP contribution in [0.15, 0.2) is 49.1 Å². The summed E-state index contributed by atoms with van der Waals surface area (Å²) in [6.45, 7) is 5.79. The van der Waals surface area contributed by atoms with E-state index in [9.17, 15) is 23.1 Å². The molecule has 1 amide bonds. The molecule has 14 heteroatoms. The Hall–Kier alpha value is -3.78. The van der Waals surface area contributed by atoms with Gasteiger partial charge in [-0.1, -0.05) is 6.07 Å². The van der Waals surface area contributed by atoms with E-state index in [1.165, 1.54) is 24.3 Å². The smallest absolute Gasteiger partial charge is 0.426 e. The van der Waals surface area contributed by atoms with Crippen molar-refractivity contribution >= 4 is 29.1 Å². The van der Waals surface area contributed by atoms with Crippen molar-refractivity contribution in [3.05, 3.63) is 77.9 Å². The molecular weight excluding hydrogens is 528 g/mol. The lowest BCUT2D eigenvalue weighted by molar-refractivity contribution is -0.0574. The van der Waals surface area contributed by atoms with E-state index >= 15 is 4.39 Å². The van der Waals surface area contributed by atoms with Crippen LogP contribution in [-0.4, -0.2) is 47.7 Å². The van der Waals surface area contributed by atoms with Crippen LogP contribution in [0.3, 0.4) is 0 Å². The largest absolute Gasteiger partial charge is 0.443 e. The molecule has 2 atom stereocenters. The summed E-state index contributed by atoms with van der Waals surface area (Å²) < 4.78 is 63.0. The standard InChI is InChI=1S/C24H26F4N6O3S/c1-14(24(36,11-33-13-29-12-30-33)17-7-5-15(25)9-18(17)27)34(32-22(35)37-23(2,3)4)21(38)31-20-8-6-16(26)10-19(20)28/h5-10,12-14,36H,11H2,1-4H3,(H,31,38)(H,32,35)/t14-,24-/m1/s1. The first kappa shape index (κ1) is 28.8. The van der Waals surface area contributed by atoms with E-state index in [1.54, 1.807) is 20.8 Å².